The van der Waals surface area contributed by atoms with Crippen molar-refractivity contribution in [3.05, 3.63) is 64.6 Å². The lowest BCUT2D eigenvalue weighted by Gasteiger charge is -2.08. The van der Waals surface area contributed by atoms with Crippen LogP contribution in [0.4, 0.5) is 0 Å². The van der Waals surface area contributed by atoms with Gasteiger partial charge in [0.05, 0.1) is 22.8 Å². The predicted molar refractivity (Wildman–Crippen MR) is 94.2 cm³/mol. The average molecular weight is 406 g/mol. The van der Waals surface area contributed by atoms with Crippen molar-refractivity contribution in [2.45, 2.75) is 16.1 Å². The molecule has 2 aromatic rings. The Morgan fingerprint density at radius 2 is 1.79 bits per heavy atom. The molecule has 4 nitrogen and oxygen atoms in total. The number of sulfone groups is 1. The molecule has 0 heterocycles. The number of nitriles is 1. The zero-order valence-electron chi connectivity index (χ0n) is 13.0. The number of hydrogen-bond acceptors (Lipinski definition) is 4. The summed E-state index contributed by atoms with van der Waals surface area (Å²) in [5.41, 5.74) is -0.224. The normalized spacial score (nSPS) is 25.9. The Morgan fingerprint density at radius 3 is 2.33 bits per heavy atom. The lowest BCUT2D eigenvalue weighted by atomic mass is 10.0. The highest BCUT2D eigenvalue weighted by Crippen LogP contribution is 2.63. The highest BCUT2D eigenvalue weighted by molar-refractivity contribution is 9.10. The molecular weight excluding hydrogens is 390 g/mol. The van der Waals surface area contributed by atoms with Crippen LogP contribution in [0.2, 0.25) is 0 Å². The van der Waals surface area contributed by atoms with Crippen molar-refractivity contribution in [3.63, 3.8) is 0 Å². The molecule has 1 aliphatic rings. The standard InChI is InChI=1S/C18H16BrNO3S/c1-23-12-18(11-20)16(13-7-9-14(19)10-8-13)17(18)24(21,22)15-5-3-2-4-6-15/h2-10,16-17H,12H2,1H3. The summed E-state index contributed by atoms with van der Waals surface area (Å²) in [4.78, 5) is 0.241. The third-order valence-electron chi connectivity index (χ3n) is 4.48. The average Bonchev–Trinajstić information content (AvgIpc) is 3.26. The van der Waals surface area contributed by atoms with Crippen LogP contribution in [0.15, 0.2) is 64.0 Å². The summed E-state index contributed by atoms with van der Waals surface area (Å²) in [7, 11) is -2.14. The molecule has 24 heavy (non-hydrogen) atoms. The van der Waals surface area contributed by atoms with Gasteiger partial charge in [-0.15, -0.1) is 0 Å². The van der Waals surface area contributed by atoms with E-state index in [2.05, 4.69) is 22.0 Å². The highest BCUT2D eigenvalue weighted by atomic mass is 79.9. The predicted octanol–water partition coefficient (Wildman–Crippen LogP) is 3.55. The van der Waals surface area contributed by atoms with E-state index in [1.165, 1.54) is 7.11 Å². The molecule has 0 aromatic heterocycles. The van der Waals surface area contributed by atoms with Crippen molar-refractivity contribution in [2.24, 2.45) is 5.41 Å². The number of halogens is 1. The Bertz CT molecular complexity index is 875. The van der Waals surface area contributed by atoms with Gasteiger partial charge in [0.25, 0.3) is 0 Å². The van der Waals surface area contributed by atoms with E-state index < -0.39 is 26.4 Å². The van der Waals surface area contributed by atoms with Crippen molar-refractivity contribution in [1.29, 1.82) is 5.26 Å². The number of nitrogens with zero attached hydrogens (tertiary/aromatic N) is 1. The molecule has 0 aliphatic heterocycles. The third-order valence-corrected chi connectivity index (χ3v) is 7.30. The molecule has 0 N–H and O–H groups in total. The van der Waals surface area contributed by atoms with Crippen molar-refractivity contribution >= 4 is 25.8 Å². The van der Waals surface area contributed by atoms with E-state index in [0.29, 0.717) is 0 Å². The minimum atomic E-state index is -3.63. The molecule has 1 aliphatic carbocycles. The van der Waals surface area contributed by atoms with Gasteiger partial charge >= 0.3 is 0 Å². The van der Waals surface area contributed by atoms with E-state index >= 15 is 0 Å². The van der Waals surface area contributed by atoms with Crippen LogP contribution in [0.3, 0.4) is 0 Å². The van der Waals surface area contributed by atoms with E-state index in [4.69, 9.17) is 4.74 Å². The highest BCUT2D eigenvalue weighted by Gasteiger charge is 2.72. The van der Waals surface area contributed by atoms with Crippen LogP contribution in [0, 0.1) is 16.7 Å². The molecule has 3 unspecified atom stereocenters. The van der Waals surface area contributed by atoms with E-state index in [0.717, 1.165) is 10.0 Å². The second kappa shape index (κ2) is 6.32. The van der Waals surface area contributed by atoms with Gasteiger partial charge in [-0.1, -0.05) is 46.3 Å². The van der Waals surface area contributed by atoms with Crippen LogP contribution in [0.1, 0.15) is 11.5 Å². The fourth-order valence-electron chi connectivity index (χ4n) is 3.34. The van der Waals surface area contributed by atoms with Gasteiger partial charge in [0, 0.05) is 17.5 Å². The molecule has 0 saturated heterocycles. The van der Waals surface area contributed by atoms with Gasteiger partial charge < -0.3 is 4.74 Å². The second-order valence-corrected chi connectivity index (χ2v) is 8.88. The molecule has 0 radical (unpaired) electrons. The Morgan fingerprint density at radius 1 is 1.17 bits per heavy atom. The first-order valence-corrected chi connectivity index (χ1v) is 9.76. The van der Waals surface area contributed by atoms with Gasteiger partial charge in [-0.25, -0.2) is 8.42 Å². The van der Waals surface area contributed by atoms with E-state index in [-0.39, 0.29) is 11.5 Å². The maximum Gasteiger partial charge on any atom is 0.183 e. The SMILES string of the molecule is COCC1(C#N)C(c2ccc(Br)cc2)C1S(=O)(=O)c1ccccc1. The minimum Gasteiger partial charge on any atom is -0.383 e. The zero-order valence-corrected chi connectivity index (χ0v) is 15.4. The Labute approximate surface area is 150 Å². The Hall–Kier alpha value is -1.68. The molecule has 3 atom stereocenters. The van der Waals surface area contributed by atoms with Crippen LogP contribution in [0.25, 0.3) is 0 Å². The van der Waals surface area contributed by atoms with Gasteiger partial charge in [-0.05, 0) is 29.8 Å². The molecule has 2 aromatic carbocycles. The second-order valence-electron chi connectivity index (χ2n) is 5.89. The Balaban J connectivity index is 2.08. The van der Waals surface area contributed by atoms with Crippen LogP contribution < -0.4 is 0 Å². The number of benzene rings is 2. The molecule has 0 spiro atoms. The van der Waals surface area contributed by atoms with E-state index in [1.807, 2.05) is 24.3 Å². The van der Waals surface area contributed by atoms with Crippen LogP contribution >= 0.6 is 15.9 Å². The molecule has 1 fully saturated rings. The van der Waals surface area contributed by atoms with Crippen molar-refractivity contribution in [2.75, 3.05) is 13.7 Å². The largest absolute Gasteiger partial charge is 0.383 e. The topological polar surface area (TPSA) is 67.2 Å². The number of methoxy groups -OCH3 is 1. The third kappa shape index (κ3) is 2.67. The van der Waals surface area contributed by atoms with Gasteiger partial charge in [0.2, 0.25) is 0 Å². The van der Waals surface area contributed by atoms with Crippen molar-refractivity contribution in [3.8, 4) is 6.07 Å². The molecular formula is C18H16BrNO3S. The van der Waals surface area contributed by atoms with E-state index in [9.17, 15) is 13.7 Å². The quantitative estimate of drug-likeness (QED) is 0.762. The molecule has 0 amide bonds. The Kier molecular flexibility index (Phi) is 4.52. The molecule has 3 rings (SSSR count). The summed E-state index contributed by atoms with van der Waals surface area (Å²) >= 11 is 3.37. The molecule has 6 heteroatoms. The molecule has 0 bridgehead atoms. The zero-order chi connectivity index (χ0) is 17.4. The first-order chi connectivity index (χ1) is 11.5. The van der Waals surface area contributed by atoms with Crippen LogP contribution in [-0.4, -0.2) is 27.4 Å². The lowest BCUT2D eigenvalue weighted by Crippen LogP contribution is -2.19. The first-order valence-electron chi connectivity index (χ1n) is 7.42. The van der Waals surface area contributed by atoms with Gasteiger partial charge in [-0.2, -0.15) is 5.26 Å². The first kappa shape index (κ1) is 17.2. The maximum atomic E-state index is 13.1. The molecule has 1 saturated carbocycles. The number of hydrogen-bond donors (Lipinski definition) is 0. The summed E-state index contributed by atoms with van der Waals surface area (Å²) < 4.78 is 32.3. The number of ether oxygens (including phenoxy) is 1. The summed E-state index contributed by atoms with van der Waals surface area (Å²) in [5, 5.41) is 8.94. The monoisotopic (exact) mass is 405 g/mol. The fourth-order valence-corrected chi connectivity index (χ4v) is 5.93. The van der Waals surface area contributed by atoms with E-state index in [1.54, 1.807) is 30.3 Å². The van der Waals surface area contributed by atoms with Gasteiger partial charge in [0.1, 0.15) is 5.41 Å². The van der Waals surface area contributed by atoms with Gasteiger partial charge in [-0.3, -0.25) is 0 Å². The summed E-state index contributed by atoms with van der Waals surface area (Å²) in [6, 6.07) is 17.9. The molecule has 124 valence electrons. The summed E-state index contributed by atoms with van der Waals surface area (Å²) in [6.07, 6.45) is 0. The number of rotatable bonds is 5. The fraction of sp³-hybridized carbons (Fsp3) is 0.278. The summed E-state index contributed by atoms with van der Waals surface area (Å²) in [6.45, 7) is 0.0843. The lowest BCUT2D eigenvalue weighted by molar-refractivity contribution is 0.162. The van der Waals surface area contributed by atoms with Gasteiger partial charge in [0.15, 0.2) is 9.84 Å². The van der Waals surface area contributed by atoms with Crippen LogP contribution in [-0.2, 0) is 14.6 Å². The summed E-state index contributed by atoms with van der Waals surface area (Å²) in [5.74, 6) is -0.402. The maximum absolute atomic E-state index is 13.1. The van der Waals surface area contributed by atoms with Crippen LogP contribution in [0.5, 0.6) is 0 Å². The minimum absolute atomic E-state index is 0.0843. The van der Waals surface area contributed by atoms with Crippen molar-refractivity contribution < 1.29 is 13.2 Å². The van der Waals surface area contributed by atoms with Crippen molar-refractivity contribution in [1.82, 2.24) is 0 Å². The smallest absolute Gasteiger partial charge is 0.183 e.